The maximum absolute atomic E-state index is 13.3. The van der Waals surface area contributed by atoms with Crippen molar-refractivity contribution in [2.24, 2.45) is 5.92 Å². The van der Waals surface area contributed by atoms with E-state index in [2.05, 4.69) is 21.2 Å². The first-order chi connectivity index (χ1) is 7.04. The highest BCUT2D eigenvalue weighted by Gasteiger charge is 2.10. The standard InChI is InChI=1S/C10H9BrF2N2/c1-6(4-14)5-15-10-8(12)2-7(11)3-9(10)13/h2-3,6,15H,5H2,1H3. The van der Waals surface area contributed by atoms with Gasteiger partial charge in [0.15, 0.2) is 0 Å². The van der Waals surface area contributed by atoms with E-state index in [0.29, 0.717) is 4.47 Å². The van der Waals surface area contributed by atoms with Gasteiger partial charge in [0.25, 0.3) is 0 Å². The lowest BCUT2D eigenvalue weighted by atomic mass is 10.2. The largest absolute Gasteiger partial charge is 0.379 e. The van der Waals surface area contributed by atoms with E-state index in [9.17, 15) is 8.78 Å². The van der Waals surface area contributed by atoms with Crippen molar-refractivity contribution in [1.29, 1.82) is 5.26 Å². The van der Waals surface area contributed by atoms with Gasteiger partial charge in [0, 0.05) is 11.0 Å². The number of nitrogens with zero attached hydrogens (tertiary/aromatic N) is 1. The van der Waals surface area contributed by atoms with Crippen LogP contribution in [0.2, 0.25) is 0 Å². The summed E-state index contributed by atoms with van der Waals surface area (Å²) in [4.78, 5) is 0. The van der Waals surface area contributed by atoms with Gasteiger partial charge in [-0.2, -0.15) is 5.26 Å². The Morgan fingerprint density at radius 1 is 1.47 bits per heavy atom. The molecule has 1 aromatic rings. The summed E-state index contributed by atoms with van der Waals surface area (Å²) in [5.74, 6) is -1.65. The van der Waals surface area contributed by atoms with E-state index in [-0.39, 0.29) is 18.2 Å². The summed E-state index contributed by atoms with van der Waals surface area (Å²) in [6.07, 6.45) is 0. The highest BCUT2D eigenvalue weighted by atomic mass is 79.9. The summed E-state index contributed by atoms with van der Waals surface area (Å²) in [7, 11) is 0. The summed E-state index contributed by atoms with van der Waals surface area (Å²) in [5.41, 5.74) is -0.194. The second-order valence-electron chi connectivity index (χ2n) is 3.16. The second-order valence-corrected chi connectivity index (χ2v) is 4.07. The fourth-order valence-electron chi connectivity index (χ4n) is 1.01. The van der Waals surface area contributed by atoms with Crippen LogP contribution < -0.4 is 5.32 Å². The highest BCUT2D eigenvalue weighted by molar-refractivity contribution is 9.10. The van der Waals surface area contributed by atoms with Crippen molar-refractivity contribution in [3.8, 4) is 6.07 Å². The van der Waals surface area contributed by atoms with E-state index in [0.717, 1.165) is 0 Å². The number of nitrogens with one attached hydrogen (secondary N) is 1. The molecule has 0 aliphatic carbocycles. The molecule has 1 atom stereocenters. The third-order valence-corrected chi connectivity index (χ3v) is 2.27. The molecule has 0 saturated carbocycles. The number of hydrogen-bond donors (Lipinski definition) is 1. The van der Waals surface area contributed by atoms with Gasteiger partial charge in [-0.25, -0.2) is 8.78 Å². The molecule has 0 saturated heterocycles. The zero-order chi connectivity index (χ0) is 11.4. The van der Waals surface area contributed by atoms with Crippen LogP contribution in [0.1, 0.15) is 6.92 Å². The van der Waals surface area contributed by atoms with E-state index >= 15 is 0 Å². The molecule has 0 radical (unpaired) electrons. The number of hydrogen-bond acceptors (Lipinski definition) is 2. The molecule has 0 aliphatic rings. The Morgan fingerprint density at radius 3 is 2.47 bits per heavy atom. The summed E-state index contributed by atoms with van der Waals surface area (Å²) >= 11 is 2.98. The van der Waals surface area contributed by atoms with Gasteiger partial charge >= 0.3 is 0 Å². The van der Waals surface area contributed by atoms with Crippen LogP contribution >= 0.6 is 15.9 Å². The second kappa shape index (κ2) is 5.08. The average Bonchev–Trinajstić information content (AvgIpc) is 2.15. The molecule has 1 unspecified atom stereocenters. The van der Waals surface area contributed by atoms with Crippen LogP contribution in [0, 0.1) is 28.9 Å². The van der Waals surface area contributed by atoms with Gasteiger partial charge in [-0.3, -0.25) is 0 Å². The van der Waals surface area contributed by atoms with Crippen molar-refractivity contribution in [2.45, 2.75) is 6.92 Å². The topological polar surface area (TPSA) is 35.8 Å². The van der Waals surface area contributed by atoms with E-state index in [1.54, 1.807) is 6.92 Å². The molecule has 0 amide bonds. The number of nitriles is 1. The molecule has 0 bridgehead atoms. The monoisotopic (exact) mass is 274 g/mol. The van der Waals surface area contributed by atoms with E-state index in [4.69, 9.17) is 5.26 Å². The van der Waals surface area contributed by atoms with Gasteiger partial charge in [0.2, 0.25) is 0 Å². The van der Waals surface area contributed by atoms with Gasteiger partial charge in [0.05, 0.1) is 12.0 Å². The highest BCUT2D eigenvalue weighted by Crippen LogP contribution is 2.23. The summed E-state index contributed by atoms with van der Waals surface area (Å²) in [5, 5.41) is 11.1. The van der Waals surface area contributed by atoms with Crippen LogP contribution in [-0.4, -0.2) is 6.54 Å². The van der Waals surface area contributed by atoms with Gasteiger partial charge in [-0.05, 0) is 19.1 Å². The summed E-state index contributed by atoms with van der Waals surface area (Å²) in [6, 6.07) is 4.31. The number of anilines is 1. The molecule has 5 heteroatoms. The number of rotatable bonds is 3. The fourth-order valence-corrected chi connectivity index (χ4v) is 1.41. The minimum Gasteiger partial charge on any atom is -0.379 e. The minimum absolute atomic E-state index is 0.194. The van der Waals surface area contributed by atoms with Gasteiger partial charge in [-0.1, -0.05) is 15.9 Å². The van der Waals surface area contributed by atoms with Crippen LogP contribution in [0.15, 0.2) is 16.6 Å². The van der Waals surface area contributed by atoms with Crippen LogP contribution in [0.5, 0.6) is 0 Å². The molecule has 80 valence electrons. The maximum atomic E-state index is 13.3. The van der Waals surface area contributed by atoms with Crippen molar-refractivity contribution >= 4 is 21.6 Å². The quantitative estimate of drug-likeness (QED) is 0.918. The Kier molecular flexibility index (Phi) is 4.04. The Balaban J connectivity index is 2.82. The predicted octanol–water partition coefficient (Wildman–Crippen LogP) is 3.30. The van der Waals surface area contributed by atoms with Crippen molar-refractivity contribution in [3.63, 3.8) is 0 Å². The SMILES string of the molecule is CC(C#N)CNc1c(F)cc(Br)cc1F. The third-order valence-electron chi connectivity index (χ3n) is 1.81. The number of halogens is 3. The van der Waals surface area contributed by atoms with Crippen LogP contribution in [0.4, 0.5) is 14.5 Å². The first-order valence-corrected chi connectivity index (χ1v) is 5.12. The molecule has 0 fully saturated rings. The zero-order valence-electron chi connectivity index (χ0n) is 8.02. The Morgan fingerprint density at radius 2 is 2.00 bits per heavy atom. The molecule has 0 heterocycles. The lowest BCUT2D eigenvalue weighted by Gasteiger charge is -2.09. The van der Waals surface area contributed by atoms with Crippen molar-refractivity contribution in [2.75, 3.05) is 11.9 Å². The third kappa shape index (κ3) is 3.17. The van der Waals surface area contributed by atoms with Gasteiger partial charge in [0.1, 0.15) is 17.3 Å². The van der Waals surface area contributed by atoms with E-state index in [1.165, 1.54) is 12.1 Å². The molecule has 15 heavy (non-hydrogen) atoms. The smallest absolute Gasteiger partial charge is 0.150 e. The fraction of sp³-hybridized carbons (Fsp3) is 0.300. The Labute approximate surface area is 95.0 Å². The first-order valence-electron chi connectivity index (χ1n) is 4.32. The molecule has 2 nitrogen and oxygen atoms in total. The lowest BCUT2D eigenvalue weighted by molar-refractivity contribution is 0.584. The van der Waals surface area contributed by atoms with Crippen LogP contribution in [-0.2, 0) is 0 Å². The van der Waals surface area contributed by atoms with Crippen LogP contribution in [0.25, 0.3) is 0 Å². The molecule has 0 aliphatic heterocycles. The zero-order valence-corrected chi connectivity index (χ0v) is 9.61. The van der Waals surface area contributed by atoms with E-state index < -0.39 is 11.6 Å². The van der Waals surface area contributed by atoms with Crippen molar-refractivity contribution < 1.29 is 8.78 Å². The molecule has 0 spiro atoms. The average molecular weight is 275 g/mol. The molecule has 1 rings (SSSR count). The Bertz CT molecular complexity index is 378. The first kappa shape index (κ1) is 11.9. The number of benzene rings is 1. The molecular formula is C10H9BrF2N2. The summed E-state index contributed by atoms with van der Waals surface area (Å²) in [6.45, 7) is 1.88. The predicted molar refractivity (Wildman–Crippen MR) is 57.3 cm³/mol. The van der Waals surface area contributed by atoms with Gasteiger partial charge < -0.3 is 5.32 Å². The van der Waals surface area contributed by atoms with Crippen molar-refractivity contribution in [1.82, 2.24) is 0 Å². The summed E-state index contributed by atoms with van der Waals surface area (Å²) < 4.78 is 26.8. The van der Waals surface area contributed by atoms with Gasteiger partial charge in [-0.15, -0.1) is 0 Å². The maximum Gasteiger partial charge on any atom is 0.150 e. The van der Waals surface area contributed by atoms with Crippen molar-refractivity contribution in [3.05, 3.63) is 28.2 Å². The molecular weight excluding hydrogens is 266 g/mol. The molecule has 1 aromatic carbocycles. The Hall–Kier alpha value is -1.15. The minimum atomic E-state index is -0.674. The molecule has 0 aromatic heterocycles. The normalized spacial score (nSPS) is 11.9. The molecule has 1 N–H and O–H groups in total. The van der Waals surface area contributed by atoms with Crippen LogP contribution in [0.3, 0.4) is 0 Å². The lowest BCUT2D eigenvalue weighted by Crippen LogP contribution is -2.11. The van der Waals surface area contributed by atoms with E-state index in [1.807, 2.05) is 6.07 Å².